The predicted octanol–water partition coefficient (Wildman–Crippen LogP) is 2.13. The lowest BCUT2D eigenvalue weighted by Gasteiger charge is -2.37. The molecule has 1 fully saturated rings. The molecule has 21 heavy (non-hydrogen) atoms. The van der Waals surface area contributed by atoms with Crippen LogP contribution in [0.25, 0.3) is 0 Å². The van der Waals surface area contributed by atoms with Crippen molar-refractivity contribution in [2.75, 3.05) is 31.1 Å². The molecule has 4 nitrogen and oxygen atoms in total. The third kappa shape index (κ3) is 3.83. The van der Waals surface area contributed by atoms with Crippen LogP contribution in [-0.2, 0) is 4.79 Å². The number of aliphatic hydroxyl groups is 1. The van der Waals surface area contributed by atoms with E-state index in [0.717, 1.165) is 31.6 Å². The summed E-state index contributed by atoms with van der Waals surface area (Å²) in [6.45, 7) is 6.63. The van der Waals surface area contributed by atoms with Gasteiger partial charge >= 0.3 is 0 Å². The number of benzene rings is 1. The lowest BCUT2D eigenvalue weighted by Crippen LogP contribution is -2.51. The summed E-state index contributed by atoms with van der Waals surface area (Å²) < 4.78 is 0. The lowest BCUT2D eigenvalue weighted by atomic mass is 9.97. The third-order valence-electron chi connectivity index (χ3n) is 4.36. The highest BCUT2D eigenvalue weighted by atomic mass is 16.3. The van der Waals surface area contributed by atoms with Crippen LogP contribution in [0.4, 0.5) is 5.69 Å². The molecule has 2 rings (SSSR count). The first-order valence-electron chi connectivity index (χ1n) is 7.88. The second kappa shape index (κ2) is 7.57. The first-order valence-corrected chi connectivity index (χ1v) is 7.88. The number of rotatable bonds is 5. The summed E-state index contributed by atoms with van der Waals surface area (Å²) >= 11 is 0. The fraction of sp³-hybridized carbons (Fsp3) is 0.588. The number of carbonyl (C=O) groups excluding carboxylic acids is 1. The van der Waals surface area contributed by atoms with Gasteiger partial charge in [-0.25, -0.2) is 0 Å². The third-order valence-corrected chi connectivity index (χ3v) is 4.36. The highest BCUT2D eigenvalue weighted by Crippen LogP contribution is 2.21. The Hall–Kier alpha value is -1.39. The molecule has 116 valence electrons. The van der Waals surface area contributed by atoms with E-state index in [1.165, 1.54) is 0 Å². The summed E-state index contributed by atoms with van der Waals surface area (Å²) in [6.07, 6.45) is 2.12. The normalized spacial score (nSPS) is 21.0. The van der Waals surface area contributed by atoms with E-state index in [0.29, 0.717) is 12.5 Å². The number of amides is 1. The van der Waals surface area contributed by atoms with Crippen molar-refractivity contribution in [1.82, 2.24) is 4.90 Å². The van der Waals surface area contributed by atoms with Crippen molar-refractivity contribution in [2.24, 2.45) is 5.92 Å². The quantitative estimate of drug-likeness (QED) is 0.903. The van der Waals surface area contributed by atoms with E-state index in [1.54, 1.807) is 0 Å². The Balaban J connectivity index is 2.06. The zero-order valence-electron chi connectivity index (χ0n) is 13.0. The van der Waals surface area contributed by atoms with Gasteiger partial charge in [0.2, 0.25) is 5.91 Å². The minimum absolute atomic E-state index is 0.139. The van der Waals surface area contributed by atoms with E-state index in [9.17, 15) is 9.90 Å². The smallest absolute Gasteiger partial charge is 0.244 e. The van der Waals surface area contributed by atoms with Crippen LogP contribution in [-0.4, -0.2) is 48.2 Å². The van der Waals surface area contributed by atoms with Crippen LogP contribution in [0, 0.1) is 5.92 Å². The Morgan fingerprint density at radius 1 is 1.43 bits per heavy atom. The van der Waals surface area contributed by atoms with Crippen molar-refractivity contribution >= 4 is 11.6 Å². The Morgan fingerprint density at radius 2 is 2.14 bits per heavy atom. The number of likely N-dealkylation sites (N-methyl/N-ethyl adjacent to an activating group) is 1. The van der Waals surface area contributed by atoms with Gasteiger partial charge in [0.15, 0.2) is 0 Å². The van der Waals surface area contributed by atoms with Crippen LogP contribution in [0.3, 0.4) is 0 Å². The molecule has 1 amide bonds. The molecular formula is C17H26N2O2. The average molecular weight is 290 g/mol. The second-order valence-corrected chi connectivity index (χ2v) is 5.78. The number of likely N-dealkylation sites (tertiary alicyclic amines) is 1. The summed E-state index contributed by atoms with van der Waals surface area (Å²) in [6, 6.07) is 9.68. The minimum Gasteiger partial charge on any atom is -0.396 e. The summed E-state index contributed by atoms with van der Waals surface area (Å²) in [7, 11) is 0. The molecule has 2 atom stereocenters. The van der Waals surface area contributed by atoms with E-state index in [1.807, 2.05) is 49.1 Å². The van der Waals surface area contributed by atoms with Crippen molar-refractivity contribution in [1.29, 1.82) is 0 Å². The maximum atomic E-state index is 12.8. The molecule has 1 heterocycles. The van der Waals surface area contributed by atoms with Crippen LogP contribution >= 0.6 is 0 Å². The molecule has 1 aromatic rings. The summed E-state index contributed by atoms with van der Waals surface area (Å²) in [5.74, 6) is 0.447. The lowest BCUT2D eigenvalue weighted by molar-refractivity contribution is -0.124. The van der Waals surface area contributed by atoms with E-state index in [-0.39, 0.29) is 18.6 Å². The highest BCUT2D eigenvalue weighted by Gasteiger charge is 2.29. The largest absolute Gasteiger partial charge is 0.396 e. The van der Waals surface area contributed by atoms with E-state index in [2.05, 4.69) is 4.90 Å². The summed E-state index contributed by atoms with van der Waals surface area (Å²) in [4.78, 5) is 16.8. The van der Waals surface area contributed by atoms with Gasteiger partial charge in [0.25, 0.3) is 0 Å². The molecule has 0 aromatic heterocycles. The molecule has 2 unspecified atom stereocenters. The number of anilines is 1. The molecule has 0 bridgehead atoms. The van der Waals surface area contributed by atoms with Crippen molar-refractivity contribution in [2.45, 2.75) is 32.7 Å². The number of nitrogens with zero attached hydrogens (tertiary/aromatic N) is 2. The average Bonchev–Trinajstić information content (AvgIpc) is 2.55. The van der Waals surface area contributed by atoms with Crippen molar-refractivity contribution in [3.05, 3.63) is 30.3 Å². The van der Waals surface area contributed by atoms with Gasteiger partial charge < -0.3 is 10.0 Å². The van der Waals surface area contributed by atoms with Gasteiger partial charge in [-0.05, 0) is 51.3 Å². The number of hydrogen-bond acceptors (Lipinski definition) is 3. The van der Waals surface area contributed by atoms with Gasteiger partial charge in [0.05, 0.1) is 6.04 Å². The molecule has 0 aliphatic carbocycles. The van der Waals surface area contributed by atoms with Gasteiger partial charge in [-0.15, -0.1) is 0 Å². The summed E-state index contributed by atoms with van der Waals surface area (Å²) in [5.41, 5.74) is 0.951. The zero-order chi connectivity index (χ0) is 15.2. The number of para-hydroxylation sites is 1. The predicted molar refractivity (Wildman–Crippen MR) is 85.3 cm³/mol. The monoisotopic (exact) mass is 290 g/mol. The molecule has 1 N–H and O–H groups in total. The molecule has 4 heteroatoms. The number of carbonyl (C=O) groups is 1. The maximum absolute atomic E-state index is 12.8. The minimum atomic E-state index is -0.139. The first-order chi connectivity index (χ1) is 10.2. The molecule has 1 aliphatic heterocycles. The fourth-order valence-corrected chi connectivity index (χ4v) is 3.05. The summed E-state index contributed by atoms with van der Waals surface area (Å²) in [5, 5.41) is 9.34. The van der Waals surface area contributed by atoms with E-state index >= 15 is 0 Å². The van der Waals surface area contributed by atoms with Gasteiger partial charge in [0, 0.05) is 25.4 Å². The Bertz CT molecular complexity index is 449. The molecule has 1 aromatic carbocycles. The van der Waals surface area contributed by atoms with Crippen LogP contribution in [0.5, 0.6) is 0 Å². The van der Waals surface area contributed by atoms with Gasteiger partial charge in [-0.1, -0.05) is 18.2 Å². The fourth-order valence-electron chi connectivity index (χ4n) is 3.05. The number of aliphatic hydroxyl groups excluding tert-OH is 1. The van der Waals surface area contributed by atoms with E-state index in [4.69, 9.17) is 0 Å². The second-order valence-electron chi connectivity index (χ2n) is 5.78. The van der Waals surface area contributed by atoms with Gasteiger partial charge in [-0.2, -0.15) is 0 Å². The van der Waals surface area contributed by atoms with Gasteiger partial charge in [-0.3, -0.25) is 9.69 Å². The first kappa shape index (κ1) is 16.0. The molecule has 0 spiro atoms. The Kier molecular flexibility index (Phi) is 5.76. The topological polar surface area (TPSA) is 43.8 Å². The highest BCUT2D eigenvalue weighted by molar-refractivity contribution is 5.96. The molecule has 0 saturated carbocycles. The Morgan fingerprint density at radius 3 is 2.76 bits per heavy atom. The van der Waals surface area contributed by atoms with E-state index < -0.39 is 0 Å². The molecule has 1 saturated heterocycles. The molecule has 1 aliphatic rings. The van der Waals surface area contributed by atoms with Crippen LogP contribution in [0.1, 0.15) is 26.7 Å². The van der Waals surface area contributed by atoms with Crippen molar-refractivity contribution in [3.63, 3.8) is 0 Å². The van der Waals surface area contributed by atoms with Crippen LogP contribution in [0.15, 0.2) is 30.3 Å². The standard InChI is InChI=1S/C17H26N2O2/c1-3-19(16-9-5-4-6-10-16)17(21)14(2)18-11-7-8-15(12-18)13-20/h4-6,9-10,14-15,20H,3,7-8,11-13H2,1-2H3. The zero-order valence-corrected chi connectivity index (χ0v) is 13.0. The Labute approximate surface area is 127 Å². The number of hydrogen-bond donors (Lipinski definition) is 1. The van der Waals surface area contributed by atoms with Gasteiger partial charge in [0.1, 0.15) is 0 Å². The maximum Gasteiger partial charge on any atom is 0.244 e. The van der Waals surface area contributed by atoms with Crippen LogP contribution < -0.4 is 4.90 Å². The molecular weight excluding hydrogens is 264 g/mol. The van der Waals surface area contributed by atoms with Crippen molar-refractivity contribution in [3.8, 4) is 0 Å². The van der Waals surface area contributed by atoms with Crippen LogP contribution in [0.2, 0.25) is 0 Å². The molecule has 0 radical (unpaired) electrons. The van der Waals surface area contributed by atoms with Crippen molar-refractivity contribution < 1.29 is 9.90 Å². The number of piperidine rings is 1. The SMILES string of the molecule is CCN(C(=O)C(C)N1CCCC(CO)C1)c1ccccc1.